The highest BCUT2D eigenvalue weighted by molar-refractivity contribution is 5.96. The fourth-order valence-corrected chi connectivity index (χ4v) is 5.97. The summed E-state index contributed by atoms with van der Waals surface area (Å²) in [4.78, 5) is 39.0. The quantitative estimate of drug-likeness (QED) is 0.295. The first-order chi connectivity index (χ1) is 21.2. The third-order valence-corrected chi connectivity index (χ3v) is 8.69. The number of fused-ring (bicyclic) bond motifs is 1. The highest BCUT2D eigenvalue weighted by Gasteiger charge is 2.41. The number of β-amino-alcohol motifs (C(OH)–C–C–N with tert-alkyl or cyclic N) is 1. The van der Waals surface area contributed by atoms with Gasteiger partial charge in [0.15, 0.2) is 23.0 Å². The minimum absolute atomic E-state index is 0.0162. The number of piperazine rings is 1. The maximum atomic E-state index is 14.4. The number of halogens is 1. The van der Waals surface area contributed by atoms with Gasteiger partial charge in [0.2, 0.25) is 5.91 Å². The number of aromatic nitrogens is 3. The summed E-state index contributed by atoms with van der Waals surface area (Å²) >= 11 is 0. The number of carbonyl (C=O) groups excluding carboxylic acids is 2. The SMILES string of the molecule is CC[C@]1(O)CN[C@H](C(=O)N2CCN(C(=O)c3ccc(Nc4nccn5c(-c6ccc(OC)c(F)c6)cnc45)cc3C)CC2)C1. The van der Waals surface area contributed by atoms with Crippen LogP contribution in [0.2, 0.25) is 0 Å². The van der Waals surface area contributed by atoms with Crippen LogP contribution in [0.25, 0.3) is 16.9 Å². The second-order valence-corrected chi connectivity index (χ2v) is 11.4. The molecule has 4 heterocycles. The maximum Gasteiger partial charge on any atom is 0.254 e. The van der Waals surface area contributed by atoms with Crippen molar-refractivity contribution in [1.29, 1.82) is 0 Å². The minimum Gasteiger partial charge on any atom is -0.494 e. The number of rotatable bonds is 7. The minimum atomic E-state index is -0.835. The first-order valence-electron chi connectivity index (χ1n) is 14.8. The molecule has 4 aromatic rings. The molecule has 2 fully saturated rings. The largest absolute Gasteiger partial charge is 0.494 e. The summed E-state index contributed by atoms with van der Waals surface area (Å²) in [6, 6.07) is 9.89. The van der Waals surface area contributed by atoms with Gasteiger partial charge in [-0.1, -0.05) is 6.92 Å². The van der Waals surface area contributed by atoms with Crippen molar-refractivity contribution in [2.45, 2.75) is 38.3 Å². The van der Waals surface area contributed by atoms with E-state index in [0.29, 0.717) is 73.9 Å². The number of hydrogen-bond donors (Lipinski definition) is 3. The summed E-state index contributed by atoms with van der Waals surface area (Å²) in [5, 5.41) is 16.9. The van der Waals surface area contributed by atoms with Crippen LogP contribution in [-0.4, -0.2) is 92.6 Å². The van der Waals surface area contributed by atoms with Crippen LogP contribution in [-0.2, 0) is 4.79 Å². The molecular weight excluding hydrogens is 565 g/mol. The van der Waals surface area contributed by atoms with Crippen LogP contribution < -0.4 is 15.4 Å². The number of carbonyl (C=O) groups is 2. The lowest BCUT2D eigenvalue weighted by Crippen LogP contribution is -2.54. The zero-order valence-electron chi connectivity index (χ0n) is 25.0. The molecule has 2 atom stereocenters. The molecule has 0 saturated carbocycles. The second kappa shape index (κ2) is 11.9. The van der Waals surface area contributed by atoms with Crippen LogP contribution in [0.5, 0.6) is 5.75 Å². The van der Waals surface area contributed by atoms with Crippen molar-refractivity contribution >= 4 is 29.0 Å². The number of anilines is 2. The normalized spacial score (nSPS) is 20.2. The van der Waals surface area contributed by atoms with E-state index in [-0.39, 0.29) is 23.6 Å². The van der Waals surface area contributed by atoms with Gasteiger partial charge in [0, 0.05) is 68.4 Å². The van der Waals surface area contributed by atoms with E-state index < -0.39 is 11.4 Å². The molecule has 0 bridgehead atoms. The fourth-order valence-electron chi connectivity index (χ4n) is 5.97. The zero-order chi connectivity index (χ0) is 31.0. The fraction of sp³-hybridized carbons (Fsp3) is 0.375. The predicted molar refractivity (Wildman–Crippen MR) is 164 cm³/mol. The van der Waals surface area contributed by atoms with Crippen molar-refractivity contribution in [3.63, 3.8) is 0 Å². The Balaban J connectivity index is 1.12. The molecule has 2 aliphatic rings. The number of methoxy groups -OCH3 is 1. The second-order valence-electron chi connectivity index (χ2n) is 11.4. The molecule has 2 aromatic heterocycles. The Hall–Kier alpha value is -4.55. The van der Waals surface area contributed by atoms with E-state index in [2.05, 4.69) is 20.6 Å². The summed E-state index contributed by atoms with van der Waals surface area (Å²) in [6.45, 7) is 6.03. The number of nitrogens with zero attached hydrogens (tertiary/aromatic N) is 5. The highest BCUT2D eigenvalue weighted by atomic mass is 19.1. The van der Waals surface area contributed by atoms with Gasteiger partial charge in [-0.2, -0.15) is 0 Å². The van der Waals surface area contributed by atoms with E-state index in [9.17, 15) is 19.1 Å². The average molecular weight is 602 g/mol. The zero-order valence-corrected chi connectivity index (χ0v) is 25.0. The van der Waals surface area contributed by atoms with Crippen LogP contribution in [0.3, 0.4) is 0 Å². The van der Waals surface area contributed by atoms with Crippen LogP contribution in [0, 0.1) is 12.7 Å². The molecule has 2 amide bonds. The van der Waals surface area contributed by atoms with Crippen molar-refractivity contribution in [2.24, 2.45) is 0 Å². The summed E-state index contributed by atoms with van der Waals surface area (Å²) in [5.74, 6) is 0.133. The molecule has 2 aliphatic heterocycles. The molecule has 6 rings (SSSR count). The van der Waals surface area contributed by atoms with Gasteiger partial charge in [0.05, 0.1) is 30.6 Å². The molecule has 11 nitrogen and oxygen atoms in total. The Kier molecular flexibility index (Phi) is 7.95. The maximum absolute atomic E-state index is 14.4. The predicted octanol–water partition coefficient (Wildman–Crippen LogP) is 3.38. The van der Waals surface area contributed by atoms with Gasteiger partial charge in [-0.05, 0) is 55.3 Å². The number of benzene rings is 2. The van der Waals surface area contributed by atoms with Crippen LogP contribution in [0.4, 0.5) is 15.9 Å². The molecule has 12 heteroatoms. The molecule has 0 unspecified atom stereocenters. The smallest absolute Gasteiger partial charge is 0.254 e. The van der Waals surface area contributed by atoms with Crippen molar-refractivity contribution in [3.05, 3.63) is 71.9 Å². The lowest BCUT2D eigenvalue weighted by atomic mass is 9.97. The summed E-state index contributed by atoms with van der Waals surface area (Å²) in [5.41, 5.74) is 3.22. The van der Waals surface area contributed by atoms with Gasteiger partial charge in [0.25, 0.3) is 5.91 Å². The van der Waals surface area contributed by atoms with Crippen LogP contribution in [0.1, 0.15) is 35.7 Å². The van der Waals surface area contributed by atoms with Gasteiger partial charge >= 0.3 is 0 Å². The van der Waals surface area contributed by atoms with E-state index >= 15 is 0 Å². The Morgan fingerprint density at radius 3 is 2.59 bits per heavy atom. The molecule has 230 valence electrons. The van der Waals surface area contributed by atoms with Crippen LogP contribution >= 0.6 is 0 Å². The van der Waals surface area contributed by atoms with E-state index in [1.54, 1.807) is 46.6 Å². The monoisotopic (exact) mass is 601 g/mol. The number of hydrogen-bond acceptors (Lipinski definition) is 8. The molecule has 0 aliphatic carbocycles. The number of imidazole rings is 1. The Labute approximate surface area is 254 Å². The summed E-state index contributed by atoms with van der Waals surface area (Å²) in [7, 11) is 1.43. The lowest BCUT2D eigenvalue weighted by molar-refractivity contribution is -0.135. The van der Waals surface area contributed by atoms with Crippen molar-refractivity contribution < 1.29 is 23.8 Å². The Morgan fingerprint density at radius 2 is 1.91 bits per heavy atom. The first kappa shape index (κ1) is 29.5. The number of aliphatic hydroxyl groups is 1. The van der Waals surface area contributed by atoms with Gasteiger partial charge in [0.1, 0.15) is 0 Å². The number of amides is 2. The molecular formula is C32H36FN7O4. The van der Waals surface area contributed by atoms with Crippen molar-refractivity contribution in [2.75, 3.05) is 45.2 Å². The van der Waals surface area contributed by atoms with Gasteiger partial charge in [-0.25, -0.2) is 14.4 Å². The molecule has 3 N–H and O–H groups in total. The molecule has 44 heavy (non-hydrogen) atoms. The molecule has 0 spiro atoms. The third kappa shape index (κ3) is 5.58. The van der Waals surface area contributed by atoms with E-state index in [1.165, 1.54) is 13.2 Å². The Bertz CT molecular complexity index is 1720. The first-order valence-corrected chi connectivity index (χ1v) is 14.8. The topological polar surface area (TPSA) is 124 Å². The highest BCUT2D eigenvalue weighted by Crippen LogP contribution is 2.29. The van der Waals surface area contributed by atoms with Crippen LogP contribution in [0.15, 0.2) is 55.0 Å². The number of nitrogens with one attached hydrogen (secondary N) is 2. The average Bonchev–Trinajstić information content (AvgIpc) is 3.66. The van der Waals surface area contributed by atoms with Crippen molar-refractivity contribution in [3.8, 4) is 17.0 Å². The molecule has 0 radical (unpaired) electrons. The van der Waals surface area contributed by atoms with E-state index in [0.717, 1.165) is 11.3 Å². The third-order valence-electron chi connectivity index (χ3n) is 8.69. The standard InChI is InChI=1S/C32H36FN7O4/c1-4-32(43)17-25(36-19-32)31(42)39-13-11-38(12-14-39)30(41)23-7-6-22(15-20(23)2)37-28-29-35-18-26(40(29)10-9-34-28)21-5-8-27(44-3)24(33)16-21/h5-10,15-16,18,25,36,43H,4,11-14,17,19H2,1-3H3,(H,34,37)/t25-,32+/m0/s1. The van der Waals surface area contributed by atoms with Gasteiger partial charge < -0.3 is 30.3 Å². The Morgan fingerprint density at radius 1 is 1.14 bits per heavy atom. The summed E-state index contributed by atoms with van der Waals surface area (Å²) < 4.78 is 21.2. The van der Waals surface area contributed by atoms with Gasteiger partial charge in [-0.3, -0.25) is 14.0 Å². The van der Waals surface area contributed by atoms with E-state index in [1.807, 2.05) is 30.4 Å². The number of aryl methyl sites for hydroxylation is 1. The molecule has 2 saturated heterocycles. The molecule has 2 aromatic carbocycles. The summed E-state index contributed by atoms with van der Waals surface area (Å²) in [6.07, 6.45) is 6.08. The number of ether oxygens (including phenoxy) is 1. The lowest BCUT2D eigenvalue weighted by Gasteiger charge is -2.36. The van der Waals surface area contributed by atoms with Crippen molar-refractivity contribution in [1.82, 2.24) is 29.5 Å². The van der Waals surface area contributed by atoms with E-state index in [4.69, 9.17) is 4.74 Å². The van der Waals surface area contributed by atoms with Gasteiger partial charge in [-0.15, -0.1) is 0 Å².